The van der Waals surface area contributed by atoms with Gasteiger partial charge in [0.2, 0.25) is 0 Å². The van der Waals surface area contributed by atoms with Gasteiger partial charge in [-0.05, 0) is 143 Å². The molecule has 0 aliphatic rings. The molecule has 0 amide bonds. The summed E-state index contributed by atoms with van der Waals surface area (Å²) < 4.78 is 2.42. The maximum absolute atomic E-state index is 2.46. The van der Waals surface area contributed by atoms with Crippen LogP contribution in [0.5, 0.6) is 0 Å². The molecule has 0 saturated carbocycles. The number of rotatable bonds is 7. The lowest BCUT2D eigenvalue weighted by molar-refractivity contribution is 1.18. The summed E-state index contributed by atoms with van der Waals surface area (Å²) in [6.07, 6.45) is 0. The molecular weight excluding hydrogens is 797 g/mol. The number of para-hydroxylation sites is 1. The summed E-state index contributed by atoms with van der Waals surface area (Å²) in [6.45, 7) is 0. The SMILES string of the molecule is c1ccc(-c2c(-c3ccccc3)c3cc(N(c4cccc(-c5ccc6ccccc6c5)c4)c4ccc5c(c4)c4ccccc4n5-c4ccc5ccccc5c4)ccc3c3ccccc23)cc1. The van der Waals surface area contributed by atoms with Gasteiger partial charge in [-0.1, -0.05) is 188 Å². The van der Waals surface area contributed by atoms with Crippen molar-refractivity contribution >= 4 is 82.0 Å². The van der Waals surface area contributed by atoms with Gasteiger partial charge in [0, 0.05) is 33.5 Å². The molecule has 2 heteroatoms. The third-order valence-electron chi connectivity index (χ3n) is 13.5. The smallest absolute Gasteiger partial charge is 0.0542 e. The standard InChI is InChI=1S/C64H42N2/c1-3-18-45(19-4-1)63-58-28-12-11-26-55(58)56-36-34-53(42-60(56)64(63)46-20-5-2-6-21-46)65(51-25-15-24-49(40-51)50-31-30-43-16-7-9-22-47(43)38-50)54-35-37-62-59(41-54)57-27-13-14-29-61(57)66(62)52-33-32-44-17-8-10-23-48(44)39-52/h1-42H. The third kappa shape index (κ3) is 6.26. The van der Waals surface area contributed by atoms with Crippen molar-refractivity contribution in [3.63, 3.8) is 0 Å². The van der Waals surface area contributed by atoms with Crippen LogP contribution in [0.1, 0.15) is 0 Å². The van der Waals surface area contributed by atoms with E-state index in [4.69, 9.17) is 0 Å². The second-order valence-corrected chi connectivity index (χ2v) is 17.3. The molecule has 13 aromatic rings. The van der Waals surface area contributed by atoms with Gasteiger partial charge < -0.3 is 9.47 Å². The first-order valence-corrected chi connectivity index (χ1v) is 22.7. The van der Waals surface area contributed by atoms with Crippen molar-refractivity contribution < 1.29 is 0 Å². The highest BCUT2D eigenvalue weighted by atomic mass is 15.1. The van der Waals surface area contributed by atoms with E-state index in [-0.39, 0.29) is 0 Å². The first kappa shape index (κ1) is 37.8. The molecular formula is C64H42N2. The van der Waals surface area contributed by atoms with Gasteiger partial charge in [0.25, 0.3) is 0 Å². The fourth-order valence-corrected chi connectivity index (χ4v) is 10.5. The Hall–Kier alpha value is -8.72. The van der Waals surface area contributed by atoms with Crippen LogP contribution >= 0.6 is 0 Å². The Labute approximate surface area is 383 Å². The van der Waals surface area contributed by atoms with E-state index < -0.39 is 0 Å². The first-order chi connectivity index (χ1) is 32.7. The monoisotopic (exact) mass is 838 g/mol. The van der Waals surface area contributed by atoms with Crippen LogP contribution in [0.4, 0.5) is 17.1 Å². The van der Waals surface area contributed by atoms with Crippen LogP contribution in [0.2, 0.25) is 0 Å². The number of anilines is 3. The first-order valence-electron chi connectivity index (χ1n) is 22.7. The second kappa shape index (κ2) is 15.5. The van der Waals surface area contributed by atoms with Gasteiger partial charge in [-0.2, -0.15) is 0 Å². The van der Waals surface area contributed by atoms with Crippen LogP contribution in [0, 0.1) is 0 Å². The molecule has 308 valence electrons. The molecule has 0 fully saturated rings. The predicted octanol–water partition coefficient (Wildman–Crippen LogP) is 17.9. The zero-order valence-electron chi connectivity index (χ0n) is 36.1. The van der Waals surface area contributed by atoms with Crippen molar-refractivity contribution in [2.45, 2.75) is 0 Å². The van der Waals surface area contributed by atoms with E-state index in [1.54, 1.807) is 0 Å². The molecule has 1 aromatic heterocycles. The summed E-state index contributed by atoms with van der Waals surface area (Å²) in [5.74, 6) is 0. The number of fused-ring (bicyclic) bond motifs is 8. The van der Waals surface area contributed by atoms with Crippen molar-refractivity contribution in [3.8, 4) is 39.1 Å². The molecule has 0 saturated heterocycles. The zero-order valence-corrected chi connectivity index (χ0v) is 36.1. The molecule has 1 heterocycles. The molecule has 0 aliphatic heterocycles. The molecule has 0 aliphatic carbocycles. The molecule has 0 unspecified atom stereocenters. The summed E-state index contributed by atoms with van der Waals surface area (Å²) in [5, 5.41) is 12.3. The molecule has 12 aromatic carbocycles. The molecule has 0 spiro atoms. The fourth-order valence-electron chi connectivity index (χ4n) is 10.5. The summed E-state index contributed by atoms with van der Waals surface area (Å²) in [6, 6.07) is 93.5. The third-order valence-corrected chi connectivity index (χ3v) is 13.5. The van der Waals surface area contributed by atoms with Crippen molar-refractivity contribution in [3.05, 3.63) is 255 Å². The lowest BCUT2D eigenvalue weighted by atomic mass is 9.85. The number of hydrogen-bond acceptors (Lipinski definition) is 1. The summed E-state index contributed by atoms with van der Waals surface area (Å²) in [5.41, 5.74) is 14.0. The van der Waals surface area contributed by atoms with E-state index in [2.05, 4.69) is 264 Å². The van der Waals surface area contributed by atoms with E-state index in [0.717, 1.165) is 22.7 Å². The summed E-state index contributed by atoms with van der Waals surface area (Å²) in [4.78, 5) is 2.46. The second-order valence-electron chi connectivity index (χ2n) is 17.3. The quantitative estimate of drug-likeness (QED) is 0.145. The van der Waals surface area contributed by atoms with E-state index in [1.807, 2.05) is 0 Å². The Morgan fingerprint density at radius 2 is 0.742 bits per heavy atom. The summed E-state index contributed by atoms with van der Waals surface area (Å²) in [7, 11) is 0. The van der Waals surface area contributed by atoms with Crippen LogP contribution in [0.25, 0.3) is 104 Å². The van der Waals surface area contributed by atoms with Crippen LogP contribution in [-0.2, 0) is 0 Å². The number of hydrogen-bond donors (Lipinski definition) is 0. The number of aromatic nitrogens is 1. The average Bonchev–Trinajstić information content (AvgIpc) is 3.72. The normalized spacial score (nSPS) is 11.6. The van der Waals surface area contributed by atoms with E-state index in [9.17, 15) is 0 Å². The largest absolute Gasteiger partial charge is 0.310 e. The van der Waals surface area contributed by atoms with Gasteiger partial charge >= 0.3 is 0 Å². The van der Waals surface area contributed by atoms with Gasteiger partial charge in [0.05, 0.1) is 11.0 Å². The number of benzene rings is 12. The highest BCUT2D eigenvalue weighted by molar-refractivity contribution is 6.22. The van der Waals surface area contributed by atoms with Crippen molar-refractivity contribution in [1.82, 2.24) is 4.57 Å². The van der Waals surface area contributed by atoms with Crippen LogP contribution in [0.3, 0.4) is 0 Å². The van der Waals surface area contributed by atoms with E-state index in [1.165, 1.54) is 98.3 Å². The molecule has 0 atom stereocenters. The van der Waals surface area contributed by atoms with Crippen LogP contribution in [-0.4, -0.2) is 4.57 Å². The maximum atomic E-state index is 2.46. The molecule has 0 N–H and O–H groups in total. The molecule has 2 nitrogen and oxygen atoms in total. The minimum Gasteiger partial charge on any atom is -0.310 e. The van der Waals surface area contributed by atoms with Crippen molar-refractivity contribution in [2.24, 2.45) is 0 Å². The number of nitrogens with zero attached hydrogens (tertiary/aromatic N) is 2. The Bertz CT molecular complexity index is 3990. The minimum atomic E-state index is 1.09. The molecule has 0 bridgehead atoms. The van der Waals surface area contributed by atoms with Crippen molar-refractivity contribution in [1.29, 1.82) is 0 Å². The van der Waals surface area contributed by atoms with Gasteiger partial charge in [-0.3, -0.25) is 0 Å². The average molecular weight is 839 g/mol. The van der Waals surface area contributed by atoms with Crippen molar-refractivity contribution in [2.75, 3.05) is 4.90 Å². The van der Waals surface area contributed by atoms with Gasteiger partial charge in [0.15, 0.2) is 0 Å². The summed E-state index contributed by atoms with van der Waals surface area (Å²) >= 11 is 0. The Kier molecular flexibility index (Phi) is 8.89. The highest BCUT2D eigenvalue weighted by Gasteiger charge is 2.22. The highest BCUT2D eigenvalue weighted by Crippen LogP contribution is 2.48. The van der Waals surface area contributed by atoms with E-state index >= 15 is 0 Å². The zero-order chi connectivity index (χ0) is 43.6. The minimum absolute atomic E-state index is 1.09. The van der Waals surface area contributed by atoms with Crippen LogP contribution < -0.4 is 4.90 Å². The lowest BCUT2D eigenvalue weighted by Crippen LogP contribution is -2.10. The van der Waals surface area contributed by atoms with Gasteiger partial charge in [0.1, 0.15) is 0 Å². The van der Waals surface area contributed by atoms with E-state index in [0.29, 0.717) is 0 Å². The molecule has 66 heavy (non-hydrogen) atoms. The topological polar surface area (TPSA) is 8.17 Å². The lowest BCUT2D eigenvalue weighted by Gasteiger charge is -2.27. The fraction of sp³-hybridized carbons (Fsp3) is 0. The predicted molar refractivity (Wildman–Crippen MR) is 282 cm³/mol. The Morgan fingerprint density at radius 3 is 1.48 bits per heavy atom. The van der Waals surface area contributed by atoms with Gasteiger partial charge in [-0.15, -0.1) is 0 Å². The maximum Gasteiger partial charge on any atom is 0.0542 e. The molecule has 13 rings (SSSR count). The van der Waals surface area contributed by atoms with Crippen LogP contribution in [0.15, 0.2) is 255 Å². The molecule has 0 radical (unpaired) electrons. The Balaban J connectivity index is 1.08. The van der Waals surface area contributed by atoms with Gasteiger partial charge in [-0.25, -0.2) is 0 Å². The Morgan fingerprint density at radius 1 is 0.242 bits per heavy atom.